The summed E-state index contributed by atoms with van der Waals surface area (Å²) in [5.41, 5.74) is 1.20. The third-order valence-corrected chi connectivity index (χ3v) is 7.00. The van der Waals surface area contributed by atoms with Crippen LogP contribution in [0.15, 0.2) is 9.95 Å². The van der Waals surface area contributed by atoms with Gasteiger partial charge in [0.1, 0.15) is 4.83 Å². The highest BCUT2D eigenvalue weighted by Gasteiger charge is 2.23. The van der Waals surface area contributed by atoms with E-state index in [2.05, 4.69) is 10.3 Å². The number of carbonyl (C=O) groups is 1. The normalized spacial score (nSPS) is 19.5. The van der Waals surface area contributed by atoms with E-state index in [9.17, 15) is 9.59 Å². The summed E-state index contributed by atoms with van der Waals surface area (Å²) < 4.78 is 7.08. The molecular weight excluding hydrogens is 358 g/mol. The highest BCUT2D eigenvalue weighted by molar-refractivity contribution is 7.99. The molecule has 2 aromatic rings. The Morgan fingerprint density at radius 1 is 1.44 bits per heavy atom. The first kappa shape index (κ1) is 17.1. The Morgan fingerprint density at radius 2 is 2.32 bits per heavy atom. The zero-order chi connectivity index (χ0) is 17.4. The van der Waals surface area contributed by atoms with E-state index in [-0.39, 0.29) is 23.3 Å². The minimum Gasteiger partial charge on any atom is -0.376 e. The second kappa shape index (κ2) is 7.09. The van der Waals surface area contributed by atoms with Crippen LogP contribution >= 0.6 is 23.1 Å². The van der Waals surface area contributed by atoms with Crippen LogP contribution in [0.2, 0.25) is 0 Å². The summed E-state index contributed by atoms with van der Waals surface area (Å²) in [6.45, 7) is 1.34. The summed E-state index contributed by atoms with van der Waals surface area (Å²) in [5, 5.41) is 4.29. The highest BCUT2D eigenvalue weighted by atomic mass is 32.2. The SMILES string of the molecule is Cn1c(SCC(=O)NC[C@H]2CCCO2)nc2sc3c(c2c1=O)CCC3. The predicted octanol–water partition coefficient (Wildman–Crippen LogP) is 1.87. The molecule has 1 aliphatic carbocycles. The molecule has 134 valence electrons. The van der Waals surface area contributed by atoms with Crippen LogP contribution in [0.1, 0.15) is 29.7 Å². The van der Waals surface area contributed by atoms with E-state index in [4.69, 9.17) is 4.74 Å². The number of rotatable bonds is 5. The van der Waals surface area contributed by atoms with E-state index in [1.807, 2.05) is 0 Å². The molecule has 4 rings (SSSR count). The van der Waals surface area contributed by atoms with E-state index in [0.29, 0.717) is 11.7 Å². The number of hydrogen-bond donors (Lipinski definition) is 1. The Bertz CT molecular complexity index is 868. The maximum Gasteiger partial charge on any atom is 0.262 e. The zero-order valence-corrected chi connectivity index (χ0v) is 15.8. The van der Waals surface area contributed by atoms with Gasteiger partial charge in [-0.1, -0.05) is 11.8 Å². The van der Waals surface area contributed by atoms with E-state index in [1.54, 1.807) is 23.0 Å². The summed E-state index contributed by atoms with van der Waals surface area (Å²) in [4.78, 5) is 31.5. The van der Waals surface area contributed by atoms with Gasteiger partial charge in [-0.2, -0.15) is 0 Å². The number of carbonyl (C=O) groups excluding carboxylic acids is 1. The van der Waals surface area contributed by atoms with Crippen molar-refractivity contribution in [1.82, 2.24) is 14.9 Å². The highest BCUT2D eigenvalue weighted by Crippen LogP contribution is 2.35. The quantitative estimate of drug-likeness (QED) is 0.634. The predicted molar refractivity (Wildman–Crippen MR) is 99.6 cm³/mol. The number of fused-ring (bicyclic) bond motifs is 3. The summed E-state index contributed by atoms with van der Waals surface area (Å²) in [6, 6.07) is 0. The lowest BCUT2D eigenvalue weighted by Crippen LogP contribution is -2.33. The Hall–Kier alpha value is -1.38. The van der Waals surface area contributed by atoms with Gasteiger partial charge in [-0.15, -0.1) is 11.3 Å². The molecule has 0 bridgehead atoms. The summed E-state index contributed by atoms with van der Waals surface area (Å²) in [7, 11) is 1.74. The first-order valence-electron chi connectivity index (χ1n) is 8.66. The molecule has 0 unspecified atom stereocenters. The van der Waals surface area contributed by atoms with Crippen molar-refractivity contribution in [2.24, 2.45) is 7.05 Å². The van der Waals surface area contributed by atoms with E-state index in [0.717, 1.165) is 48.9 Å². The molecule has 1 N–H and O–H groups in total. The number of nitrogens with one attached hydrogen (secondary N) is 1. The molecule has 0 aromatic carbocycles. The molecule has 1 amide bonds. The molecule has 0 radical (unpaired) electrons. The smallest absolute Gasteiger partial charge is 0.262 e. The van der Waals surface area contributed by atoms with Gasteiger partial charge in [0, 0.05) is 25.1 Å². The topological polar surface area (TPSA) is 73.2 Å². The molecule has 2 aromatic heterocycles. The lowest BCUT2D eigenvalue weighted by molar-refractivity contribution is -0.119. The van der Waals surface area contributed by atoms with Crippen LogP contribution in [0.25, 0.3) is 10.2 Å². The molecule has 0 spiro atoms. The molecular formula is C17H21N3O3S2. The fourth-order valence-electron chi connectivity index (χ4n) is 3.45. The summed E-state index contributed by atoms with van der Waals surface area (Å²) >= 11 is 2.94. The van der Waals surface area contributed by atoms with Gasteiger partial charge >= 0.3 is 0 Å². The lowest BCUT2D eigenvalue weighted by Gasteiger charge is -2.11. The van der Waals surface area contributed by atoms with Crippen LogP contribution in [0.5, 0.6) is 0 Å². The average Bonchev–Trinajstić information content (AvgIpc) is 3.31. The van der Waals surface area contributed by atoms with Crippen molar-refractivity contribution in [3.05, 3.63) is 20.8 Å². The molecule has 2 aliphatic rings. The van der Waals surface area contributed by atoms with Gasteiger partial charge in [0.25, 0.3) is 5.56 Å². The van der Waals surface area contributed by atoms with Crippen molar-refractivity contribution in [3.8, 4) is 0 Å². The van der Waals surface area contributed by atoms with Gasteiger partial charge in [0.15, 0.2) is 5.16 Å². The van der Waals surface area contributed by atoms with E-state index < -0.39 is 0 Å². The van der Waals surface area contributed by atoms with Crippen LogP contribution < -0.4 is 10.9 Å². The van der Waals surface area contributed by atoms with E-state index >= 15 is 0 Å². The Kier molecular flexibility index (Phi) is 4.84. The van der Waals surface area contributed by atoms with Gasteiger partial charge < -0.3 is 10.1 Å². The Balaban J connectivity index is 1.45. The molecule has 1 fully saturated rings. The Morgan fingerprint density at radius 3 is 3.12 bits per heavy atom. The van der Waals surface area contributed by atoms with Crippen molar-refractivity contribution in [2.45, 2.75) is 43.4 Å². The van der Waals surface area contributed by atoms with Gasteiger partial charge in [-0.25, -0.2) is 4.98 Å². The zero-order valence-electron chi connectivity index (χ0n) is 14.2. The second-order valence-corrected chi connectivity index (χ2v) is 8.55. The molecule has 25 heavy (non-hydrogen) atoms. The number of thioether (sulfide) groups is 1. The third-order valence-electron chi connectivity index (χ3n) is 4.79. The van der Waals surface area contributed by atoms with Gasteiger partial charge in [-0.05, 0) is 37.7 Å². The number of amides is 1. The molecule has 1 aliphatic heterocycles. The second-order valence-electron chi connectivity index (χ2n) is 6.52. The lowest BCUT2D eigenvalue weighted by atomic mass is 10.2. The van der Waals surface area contributed by atoms with Crippen molar-refractivity contribution < 1.29 is 9.53 Å². The third kappa shape index (κ3) is 3.35. The maximum absolute atomic E-state index is 12.7. The number of aromatic nitrogens is 2. The standard InChI is InChI=1S/C17H21N3O3S2/c1-20-16(22)14-11-5-2-6-12(11)25-15(14)19-17(20)24-9-13(21)18-8-10-4-3-7-23-10/h10H,2-9H2,1H3,(H,18,21)/t10-/m1/s1. The fraction of sp³-hybridized carbons (Fsp3) is 0.588. The minimum atomic E-state index is -0.0523. The molecule has 6 nitrogen and oxygen atoms in total. The monoisotopic (exact) mass is 379 g/mol. The molecule has 1 atom stereocenters. The van der Waals surface area contributed by atoms with Crippen LogP contribution in [0, 0.1) is 0 Å². The maximum atomic E-state index is 12.7. The average molecular weight is 380 g/mol. The van der Waals surface area contributed by atoms with Crippen LogP contribution in [-0.4, -0.2) is 40.5 Å². The van der Waals surface area contributed by atoms with E-state index in [1.165, 1.54) is 22.2 Å². The Labute approximate surface area is 154 Å². The number of thiophene rings is 1. The molecule has 8 heteroatoms. The van der Waals surface area contributed by atoms with Crippen molar-refractivity contribution >= 4 is 39.2 Å². The van der Waals surface area contributed by atoms with Crippen LogP contribution in [-0.2, 0) is 29.4 Å². The van der Waals surface area contributed by atoms with Crippen LogP contribution in [0.3, 0.4) is 0 Å². The molecule has 3 heterocycles. The van der Waals surface area contributed by atoms with Crippen molar-refractivity contribution in [2.75, 3.05) is 18.9 Å². The number of aryl methyl sites for hydroxylation is 2. The van der Waals surface area contributed by atoms with Gasteiger partial charge in [-0.3, -0.25) is 14.2 Å². The summed E-state index contributed by atoms with van der Waals surface area (Å²) in [6.07, 6.45) is 5.36. The van der Waals surface area contributed by atoms with Crippen molar-refractivity contribution in [1.29, 1.82) is 0 Å². The van der Waals surface area contributed by atoms with Crippen LogP contribution in [0.4, 0.5) is 0 Å². The van der Waals surface area contributed by atoms with Gasteiger partial charge in [0.05, 0.1) is 17.2 Å². The number of ether oxygens (including phenoxy) is 1. The first-order chi connectivity index (χ1) is 12.1. The minimum absolute atomic E-state index is 0.00617. The molecule has 0 saturated carbocycles. The first-order valence-corrected chi connectivity index (χ1v) is 10.5. The van der Waals surface area contributed by atoms with Crippen molar-refractivity contribution in [3.63, 3.8) is 0 Å². The summed E-state index contributed by atoms with van der Waals surface area (Å²) in [5.74, 6) is 0.201. The van der Waals surface area contributed by atoms with Gasteiger partial charge in [0.2, 0.25) is 5.91 Å². The fourth-order valence-corrected chi connectivity index (χ4v) is 5.55. The number of nitrogens with zero attached hydrogens (tertiary/aromatic N) is 2. The number of hydrogen-bond acceptors (Lipinski definition) is 6. The molecule has 1 saturated heterocycles. The largest absolute Gasteiger partial charge is 0.376 e.